The van der Waals surface area contributed by atoms with E-state index in [-0.39, 0.29) is 22.2 Å². The van der Waals surface area contributed by atoms with Crippen molar-refractivity contribution in [3.8, 4) is 0 Å². The van der Waals surface area contributed by atoms with Crippen LogP contribution < -0.4 is 0 Å². The number of hydrogen-bond acceptors (Lipinski definition) is 3. The van der Waals surface area contributed by atoms with Gasteiger partial charge in [0.1, 0.15) is 0 Å². The Morgan fingerprint density at radius 1 is 1.21 bits per heavy atom. The molecule has 0 amide bonds. The van der Waals surface area contributed by atoms with E-state index in [0.717, 1.165) is 12.8 Å². The van der Waals surface area contributed by atoms with Crippen LogP contribution in [0, 0.1) is 5.92 Å². The zero-order chi connectivity index (χ0) is 10.3. The molecule has 2 aliphatic heterocycles. The maximum Gasteiger partial charge on any atom is 0.302 e. The highest BCUT2D eigenvalue weighted by Crippen LogP contribution is 2.39. The van der Waals surface area contributed by atoms with Crippen LogP contribution in [-0.2, 0) is 21.0 Å². The second-order valence-electron chi connectivity index (χ2n) is 4.19. The molecular formula is C8H13FO3S2. The Labute approximate surface area is 85.7 Å². The first-order valence-corrected chi connectivity index (χ1v) is 7.60. The van der Waals surface area contributed by atoms with Crippen molar-refractivity contribution in [2.75, 3.05) is 5.75 Å². The van der Waals surface area contributed by atoms with Crippen molar-refractivity contribution in [2.45, 2.75) is 36.2 Å². The van der Waals surface area contributed by atoms with Gasteiger partial charge in [-0.05, 0) is 31.6 Å². The van der Waals surface area contributed by atoms with Crippen LogP contribution in [0.5, 0.6) is 0 Å². The van der Waals surface area contributed by atoms with Crippen LogP contribution in [0.2, 0.25) is 0 Å². The summed E-state index contributed by atoms with van der Waals surface area (Å²) in [5, 5.41) is 0.251. The summed E-state index contributed by atoms with van der Waals surface area (Å²) in [7, 11) is -5.14. The lowest BCUT2D eigenvalue weighted by atomic mass is 10.0. The third-order valence-corrected chi connectivity index (χ3v) is 6.13. The fraction of sp³-hybridized carbons (Fsp3) is 1.00. The van der Waals surface area contributed by atoms with E-state index in [2.05, 4.69) is 0 Å². The molecule has 2 saturated heterocycles. The molecular weight excluding hydrogens is 227 g/mol. The van der Waals surface area contributed by atoms with E-state index in [0.29, 0.717) is 12.8 Å². The zero-order valence-electron chi connectivity index (χ0n) is 7.69. The van der Waals surface area contributed by atoms with Gasteiger partial charge in [-0.3, -0.25) is 4.21 Å². The maximum atomic E-state index is 12.4. The van der Waals surface area contributed by atoms with E-state index in [1.54, 1.807) is 0 Å². The second kappa shape index (κ2) is 3.56. The van der Waals surface area contributed by atoms with Crippen molar-refractivity contribution in [2.24, 2.45) is 5.92 Å². The molecule has 3 nitrogen and oxygen atoms in total. The van der Waals surface area contributed by atoms with Crippen molar-refractivity contribution in [3.63, 3.8) is 0 Å². The molecule has 6 heteroatoms. The molecule has 2 aliphatic rings. The molecule has 82 valence electrons. The first kappa shape index (κ1) is 10.5. The molecule has 0 aromatic rings. The molecule has 2 heterocycles. The summed E-state index contributed by atoms with van der Waals surface area (Å²) >= 11 is 0. The number of hydrogen-bond donors (Lipinski definition) is 0. The third-order valence-electron chi connectivity index (χ3n) is 3.09. The monoisotopic (exact) mass is 240 g/mol. The number of halogens is 1. The Hall–Kier alpha value is 0.0300. The lowest BCUT2D eigenvalue weighted by molar-refractivity contribution is 0.463. The van der Waals surface area contributed by atoms with E-state index in [4.69, 9.17) is 0 Å². The predicted octanol–water partition coefficient (Wildman–Crippen LogP) is 0.975. The quantitative estimate of drug-likeness (QED) is 0.676. The molecule has 2 fully saturated rings. The Balaban J connectivity index is 2.03. The standard InChI is InChI=1S/C8H13FO3S2/c9-14(11,12)5-6-3-7-1-2-8(4-6)13(7)10/h6-8H,1-5H2. The summed E-state index contributed by atoms with van der Waals surface area (Å²) < 4.78 is 45.0. The molecule has 0 N–H and O–H groups in total. The maximum absolute atomic E-state index is 12.4. The highest BCUT2D eigenvalue weighted by Gasteiger charge is 2.41. The highest BCUT2D eigenvalue weighted by atomic mass is 32.3. The number of fused-ring (bicyclic) bond motifs is 2. The minimum absolute atomic E-state index is 0.111. The summed E-state index contributed by atoms with van der Waals surface area (Å²) in [5.74, 6) is -0.489. The van der Waals surface area contributed by atoms with Gasteiger partial charge in [0.05, 0.1) is 5.75 Å². The van der Waals surface area contributed by atoms with Crippen LogP contribution in [0.4, 0.5) is 3.89 Å². The summed E-state index contributed by atoms with van der Waals surface area (Å²) in [5.41, 5.74) is 0. The predicted molar refractivity (Wildman–Crippen MR) is 52.6 cm³/mol. The van der Waals surface area contributed by atoms with Gasteiger partial charge in [0, 0.05) is 21.3 Å². The van der Waals surface area contributed by atoms with Gasteiger partial charge < -0.3 is 0 Å². The minimum Gasteiger partial charge on any atom is -0.259 e. The first-order chi connectivity index (χ1) is 6.46. The van der Waals surface area contributed by atoms with E-state index in [9.17, 15) is 16.5 Å². The first-order valence-electron chi connectivity index (χ1n) is 4.77. The summed E-state index contributed by atoms with van der Waals surface area (Å²) in [6.45, 7) is 0. The summed E-state index contributed by atoms with van der Waals surface area (Å²) in [6, 6.07) is 0. The lowest BCUT2D eigenvalue weighted by Gasteiger charge is -2.25. The van der Waals surface area contributed by atoms with Crippen molar-refractivity contribution >= 4 is 21.0 Å². The van der Waals surface area contributed by atoms with E-state index >= 15 is 0 Å². The van der Waals surface area contributed by atoms with Crippen molar-refractivity contribution in [1.82, 2.24) is 0 Å². The molecule has 0 aromatic carbocycles. The smallest absolute Gasteiger partial charge is 0.259 e. The summed E-state index contributed by atoms with van der Waals surface area (Å²) in [6.07, 6.45) is 3.07. The van der Waals surface area contributed by atoms with E-state index in [1.165, 1.54) is 0 Å². The second-order valence-corrected chi connectivity index (χ2v) is 7.59. The fourth-order valence-corrected chi connectivity index (χ4v) is 5.60. The molecule has 0 saturated carbocycles. The van der Waals surface area contributed by atoms with Crippen LogP contribution in [0.1, 0.15) is 25.7 Å². The zero-order valence-corrected chi connectivity index (χ0v) is 9.32. The molecule has 2 atom stereocenters. The van der Waals surface area contributed by atoms with Gasteiger partial charge >= 0.3 is 10.2 Å². The Morgan fingerprint density at radius 3 is 2.14 bits per heavy atom. The summed E-state index contributed by atoms with van der Waals surface area (Å²) in [4.78, 5) is 0. The lowest BCUT2D eigenvalue weighted by Crippen LogP contribution is -2.31. The van der Waals surface area contributed by atoms with Crippen LogP contribution in [0.15, 0.2) is 0 Å². The fourth-order valence-electron chi connectivity index (χ4n) is 2.56. The van der Waals surface area contributed by atoms with Gasteiger partial charge in [0.2, 0.25) is 0 Å². The molecule has 0 radical (unpaired) electrons. The SMILES string of the molecule is O=S1C2CCC1CC(CS(=O)(=O)F)C2. The van der Waals surface area contributed by atoms with Gasteiger partial charge in [0.25, 0.3) is 0 Å². The minimum atomic E-state index is -4.36. The molecule has 0 spiro atoms. The van der Waals surface area contributed by atoms with Crippen LogP contribution >= 0.6 is 0 Å². The van der Waals surface area contributed by atoms with Gasteiger partial charge in [-0.25, -0.2) is 0 Å². The van der Waals surface area contributed by atoms with Gasteiger partial charge in [-0.2, -0.15) is 8.42 Å². The molecule has 0 aliphatic carbocycles. The Morgan fingerprint density at radius 2 is 1.71 bits per heavy atom. The number of rotatable bonds is 2. The molecule has 2 bridgehead atoms. The van der Waals surface area contributed by atoms with Gasteiger partial charge in [0.15, 0.2) is 0 Å². The largest absolute Gasteiger partial charge is 0.302 e. The molecule has 2 unspecified atom stereocenters. The van der Waals surface area contributed by atoms with Crippen molar-refractivity contribution in [3.05, 3.63) is 0 Å². The highest BCUT2D eigenvalue weighted by molar-refractivity contribution is 7.87. The Kier molecular flexibility index (Phi) is 2.68. The van der Waals surface area contributed by atoms with E-state index < -0.39 is 21.0 Å². The van der Waals surface area contributed by atoms with Crippen LogP contribution in [0.25, 0.3) is 0 Å². The molecule has 14 heavy (non-hydrogen) atoms. The molecule has 2 rings (SSSR count). The van der Waals surface area contributed by atoms with Crippen molar-refractivity contribution in [1.29, 1.82) is 0 Å². The van der Waals surface area contributed by atoms with Gasteiger partial charge in [-0.1, -0.05) is 0 Å². The van der Waals surface area contributed by atoms with E-state index in [1.807, 2.05) is 0 Å². The third kappa shape index (κ3) is 2.16. The average molecular weight is 240 g/mol. The Bertz CT molecular complexity index is 336. The topological polar surface area (TPSA) is 51.2 Å². The average Bonchev–Trinajstić information content (AvgIpc) is 2.32. The van der Waals surface area contributed by atoms with Crippen LogP contribution in [0.3, 0.4) is 0 Å². The normalized spacial score (nSPS) is 42.6. The van der Waals surface area contributed by atoms with Gasteiger partial charge in [-0.15, -0.1) is 3.89 Å². The molecule has 0 aromatic heterocycles. The van der Waals surface area contributed by atoms with Crippen molar-refractivity contribution < 1.29 is 16.5 Å². The van der Waals surface area contributed by atoms with Crippen LogP contribution in [-0.4, -0.2) is 28.9 Å².